The van der Waals surface area contributed by atoms with E-state index in [-0.39, 0.29) is 33.6 Å². The average molecular weight is 1030 g/mol. The Labute approximate surface area is 315 Å². The van der Waals surface area contributed by atoms with Crippen LogP contribution in [0.15, 0.2) is 89.7 Å². The van der Waals surface area contributed by atoms with Crippen LogP contribution in [0.2, 0.25) is 0 Å². The molecule has 1 aromatic heterocycles. The van der Waals surface area contributed by atoms with Crippen molar-refractivity contribution < 1.29 is 28.4 Å². The number of aryl methyl sites for hydroxylation is 3. The third-order valence-electron chi connectivity index (χ3n) is 6.53. The van der Waals surface area contributed by atoms with E-state index in [0.717, 1.165) is 5.56 Å². The van der Waals surface area contributed by atoms with E-state index in [0.29, 0.717) is 52.2 Å². The number of amides is 1. The molecule has 48 heavy (non-hydrogen) atoms. The van der Waals surface area contributed by atoms with Gasteiger partial charge in [-0.25, -0.2) is 18.6 Å². The molecule has 14 heteroatoms. The van der Waals surface area contributed by atoms with Crippen LogP contribution in [0.4, 0.5) is 20.2 Å². The summed E-state index contributed by atoms with van der Waals surface area (Å²) in [5.41, 5.74) is 9.11. The van der Waals surface area contributed by atoms with E-state index in [1.165, 1.54) is 36.4 Å². The number of benzene rings is 4. The summed E-state index contributed by atoms with van der Waals surface area (Å²) < 4.78 is 26.7. The number of carboxylic acid groups (broad SMARTS) is 1. The normalized spacial score (nSPS) is 10.1. The molecule has 0 saturated carbocycles. The molecule has 0 radical (unpaired) electrons. The Kier molecular flexibility index (Phi) is 18.0. The third kappa shape index (κ3) is 13.0. The van der Waals surface area contributed by atoms with Crippen LogP contribution in [-0.2, 0) is 16.1 Å². The molecular weight excluding hydrogens is 998 g/mol. The molecule has 0 bridgehead atoms. The SMILES string of the molecule is CCC(=O)Nc1cccc(C)c1C(=O)O.CCc1nc2cccc(C)c2c(=O)n1-c1ccc(F)cc1.Nc1ccc(F)cc1.[I][V]([I])[I]. The Morgan fingerprint density at radius 3 is 1.90 bits per heavy atom. The second kappa shape index (κ2) is 20.8. The van der Waals surface area contributed by atoms with E-state index in [1.54, 1.807) is 48.7 Å². The molecule has 5 rings (SSSR count). The quantitative estimate of drug-likeness (QED) is 0.119. The first kappa shape index (κ1) is 41.6. The van der Waals surface area contributed by atoms with E-state index in [9.17, 15) is 23.2 Å². The van der Waals surface area contributed by atoms with E-state index < -0.39 is 5.97 Å². The fraction of sp³-hybridized carbons (Fsp3) is 0.176. The van der Waals surface area contributed by atoms with Gasteiger partial charge in [0.2, 0.25) is 5.91 Å². The predicted molar refractivity (Wildman–Crippen MR) is 211 cm³/mol. The number of rotatable bonds is 5. The number of halogens is 5. The van der Waals surface area contributed by atoms with Gasteiger partial charge in [0.1, 0.15) is 17.5 Å². The molecule has 0 saturated heterocycles. The topological polar surface area (TPSA) is 127 Å². The number of anilines is 2. The monoisotopic (exact) mass is 1030 g/mol. The van der Waals surface area contributed by atoms with Crippen LogP contribution in [0.5, 0.6) is 0 Å². The fourth-order valence-corrected chi connectivity index (χ4v) is 4.29. The van der Waals surface area contributed by atoms with Crippen LogP contribution in [0.3, 0.4) is 0 Å². The molecule has 254 valence electrons. The van der Waals surface area contributed by atoms with E-state index >= 15 is 0 Å². The van der Waals surface area contributed by atoms with Crippen molar-refractivity contribution in [1.82, 2.24) is 9.55 Å². The molecule has 0 aliphatic heterocycles. The first-order valence-corrected chi connectivity index (χ1v) is 27.9. The number of carbonyl (C=O) groups is 2. The molecule has 8 nitrogen and oxygen atoms in total. The second-order valence-corrected chi connectivity index (χ2v) is 45.3. The van der Waals surface area contributed by atoms with Crippen LogP contribution in [0.1, 0.15) is 47.6 Å². The molecule has 5 aromatic rings. The Balaban J connectivity index is 0.000000257. The van der Waals surface area contributed by atoms with Gasteiger partial charge in [0.25, 0.3) is 5.56 Å². The third-order valence-corrected chi connectivity index (χ3v) is 6.53. The number of nitrogens with two attached hydrogens (primary N) is 1. The first-order valence-electron chi connectivity index (χ1n) is 14.4. The summed E-state index contributed by atoms with van der Waals surface area (Å²) in [5, 5.41) is 12.2. The summed E-state index contributed by atoms with van der Waals surface area (Å²) >= 11 is 7.39. The molecule has 1 heterocycles. The molecule has 0 spiro atoms. The molecule has 0 aliphatic rings. The van der Waals surface area contributed by atoms with E-state index in [1.807, 2.05) is 32.0 Å². The molecule has 0 unspecified atom stereocenters. The first-order chi connectivity index (χ1) is 22.7. The zero-order valence-electron chi connectivity index (χ0n) is 26.5. The van der Waals surface area contributed by atoms with Crippen LogP contribution in [-0.4, -0.2) is 26.5 Å². The number of fused-ring (bicyclic) bond motifs is 1. The summed E-state index contributed by atoms with van der Waals surface area (Å²) in [7, 11) is 0. The molecular formula is C34H34F2I3N4O4V. The number of aromatic carboxylic acids is 1. The minimum absolute atomic E-state index is 0.110. The zero-order valence-corrected chi connectivity index (χ0v) is 34.3. The summed E-state index contributed by atoms with van der Waals surface area (Å²) in [4.78, 5) is 39.3. The number of hydrogen-bond acceptors (Lipinski definition) is 5. The molecule has 0 atom stereocenters. The van der Waals surface area contributed by atoms with Gasteiger partial charge in [-0.15, -0.1) is 0 Å². The molecule has 0 fully saturated rings. The Bertz CT molecular complexity index is 1870. The maximum atomic E-state index is 13.1. The van der Waals surface area contributed by atoms with E-state index in [2.05, 4.69) is 70.2 Å². The van der Waals surface area contributed by atoms with Gasteiger partial charge in [-0.2, -0.15) is 0 Å². The summed E-state index contributed by atoms with van der Waals surface area (Å²) in [5.74, 6) is -1.12. The Morgan fingerprint density at radius 2 is 1.40 bits per heavy atom. The molecule has 0 aliphatic carbocycles. The van der Waals surface area contributed by atoms with Gasteiger partial charge in [-0.1, -0.05) is 38.1 Å². The average Bonchev–Trinajstić information content (AvgIpc) is 3.03. The number of carbonyl (C=O) groups excluding carboxylic acids is 1. The summed E-state index contributed by atoms with van der Waals surface area (Å²) in [6.07, 6.45) is 0.948. The van der Waals surface area contributed by atoms with Crippen molar-refractivity contribution in [1.29, 1.82) is 0 Å². The molecule has 4 N–H and O–H groups in total. The Hall–Kier alpha value is -2.61. The standard InChI is InChI=1S/C17H15FN2O.C11H13NO3.C6H6FN.3HI.V/c1-3-15-19-14-6-4-5-11(2)16(14)17(21)20(15)13-9-7-12(18)8-10-13;1-3-9(13)12-8-6-4-5-7(2)10(8)11(14)15;7-5-1-3-6(8)4-2-5;;;;/h4-10H,3H2,1-2H3;4-6H,3H2,1-2H3,(H,12,13)(H,14,15);1-4H,8H2;3*1H;/q;;;;;;+3/p-3. The zero-order chi connectivity index (χ0) is 36.0. The van der Waals surface area contributed by atoms with Gasteiger partial charge in [0.15, 0.2) is 0 Å². The van der Waals surface area contributed by atoms with Crippen molar-refractivity contribution in [3.05, 3.63) is 129 Å². The summed E-state index contributed by atoms with van der Waals surface area (Å²) in [6, 6.07) is 22.2. The minimum atomic E-state index is -1.03. The fourth-order valence-electron chi connectivity index (χ4n) is 4.29. The van der Waals surface area contributed by atoms with Crippen molar-refractivity contribution in [3.8, 4) is 5.69 Å². The van der Waals surface area contributed by atoms with Crippen LogP contribution >= 0.6 is 59.9 Å². The molecule has 4 aromatic carbocycles. The number of hydrogen-bond donors (Lipinski definition) is 3. The van der Waals surface area contributed by atoms with Crippen molar-refractivity contribution in [3.63, 3.8) is 0 Å². The van der Waals surface area contributed by atoms with Gasteiger partial charge in [0, 0.05) is 18.5 Å². The van der Waals surface area contributed by atoms with Gasteiger partial charge in [-0.3, -0.25) is 14.2 Å². The summed E-state index contributed by atoms with van der Waals surface area (Å²) in [6.45, 7) is 7.26. The maximum absolute atomic E-state index is 13.1. The van der Waals surface area contributed by atoms with Gasteiger partial charge in [-0.05, 0) is 85.6 Å². The number of aromatic nitrogens is 2. The van der Waals surface area contributed by atoms with Gasteiger partial charge >= 0.3 is 70.8 Å². The van der Waals surface area contributed by atoms with Crippen molar-refractivity contribution in [2.75, 3.05) is 11.1 Å². The van der Waals surface area contributed by atoms with Crippen molar-refractivity contribution >= 4 is 94.1 Å². The number of nitrogens with one attached hydrogen (secondary N) is 1. The van der Waals surface area contributed by atoms with Crippen LogP contribution < -0.4 is 16.6 Å². The molecule has 1 amide bonds. The van der Waals surface area contributed by atoms with Crippen LogP contribution in [0.25, 0.3) is 16.6 Å². The van der Waals surface area contributed by atoms with Crippen LogP contribution in [0, 0.1) is 25.5 Å². The second-order valence-electron chi connectivity index (χ2n) is 9.92. The number of nitrogens with zero attached hydrogens (tertiary/aromatic N) is 2. The Morgan fingerprint density at radius 1 is 0.875 bits per heavy atom. The predicted octanol–water partition coefficient (Wildman–Crippen LogP) is 9.50. The van der Waals surface area contributed by atoms with Crippen molar-refractivity contribution in [2.45, 2.75) is 40.5 Å². The number of carboxylic acids is 1. The van der Waals surface area contributed by atoms with Gasteiger partial charge in [0.05, 0.1) is 27.8 Å². The number of nitrogen functional groups attached to an aromatic ring is 1. The van der Waals surface area contributed by atoms with Gasteiger partial charge < -0.3 is 16.2 Å². The van der Waals surface area contributed by atoms with E-state index in [4.69, 9.17) is 10.8 Å². The van der Waals surface area contributed by atoms with Crippen molar-refractivity contribution in [2.24, 2.45) is 0 Å².